The second kappa shape index (κ2) is 5.35. The number of hydrogen-bond donors (Lipinski definition) is 2. The van der Waals surface area contributed by atoms with Crippen LogP contribution in [0.25, 0.3) is 0 Å². The van der Waals surface area contributed by atoms with Gasteiger partial charge in [-0.3, -0.25) is 9.59 Å². The lowest BCUT2D eigenvalue weighted by Gasteiger charge is -2.10. The maximum atomic E-state index is 12.1. The molecule has 3 N–H and O–H groups in total. The molecule has 0 unspecified atom stereocenters. The first-order valence-corrected chi connectivity index (χ1v) is 5.83. The van der Waals surface area contributed by atoms with Crippen LogP contribution in [0.5, 0.6) is 0 Å². The smallest absolute Gasteiger partial charge is 0.256 e. The van der Waals surface area contributed by atoms with E-state index in [9.17, 15) is 9.59 Å². The van der Waals surface area contributed by atoms with Crippen LogP contribution in [0.2, 0.25) is 0 Å². The molecule has 0 bridgehead atoms. The number of aldehydes is 1. The fourth-order valence-corrected chi connectivity index (χ4v) is 1.82. The molecule has 0 aromatic heterocycles. The van der Waals surface area contributed by atoms with Crippen LogP contribution in [0.4, 0.5) is 11.4 Å². The Labute approximate surface area is 111 Å². The normalized spacial score (nSPS) is 9.95. The van der Waals surface area contributed by atoms with Gasteiger partial charge in [0.15, 0.2) is 6.29 Å². The lowest BCUT2D eigenvalue weighted by Crippen LogP contribution is -2.14. The molecule has 0 aliphatic rings. The number of aryl methyl sites for hydroxylation is 1. The molecule has 0 aliphatic carbocycles. The van der Waals surface area contributed by atoms with Gasteiger partial charge < -0.3 is 11.1 Å². The monoisotopic (exact) mass is 254 g/mol. The van der Waals surface area contributed by atoms with Gasteiger partial charge in [0, 0.05) is 16.9 Å². The summed E-state index contributed by atoms with van der Waals surface area (Å²) in [5, 5.41) is 2.78. The van der Waals surface area contributed by atoms with Gasteiger partial charge >= 0.3 is 0 Å². The summed E-state index contributed by atoms with van der Waals surface area (Å²) >= 11 is 0. The van der Waals surface area contributed by atoms with Crippen molar-refractivity contribution in [2.24, 2.45) is 0 Å². The van der Waals surface area contributed by atoms with Gasteiger partial charge in [0.2, 0.25) is 0 Å². The molecule has 2 aromatic carbocycles. The number of hydrogen-bond acceptors (Lipinski definition) is 3. The van der Waals surface area contributed by atoms with Crippen LogP contribution < -0.4 is 11.1 Å². The molecular weight excluding hydrogens is 240 g/mol. The summed E-state index contributed by atoms with van der Waals surface area (Å²) in [6, 6.07) is 11.9. The summed E-state index contributed by atoms with van der Waals surface area (Å²) in [6.07, 6.45) is 0.671. The molecule has 0 fully saturated rings. The van der Waals surface area contributed by atoms with Gasteiger partial charge in [0.25, 0.3) is 5.91 Å². The minimum Gasteiger partial charge on any atom is -0.399 e. The molecule has 1 amide bonds. The third kappa shape index (κ3) is 2.80. The summed E-state index contributed by atoms with van der Waals surface area (Å²) in [4.78, 5) is 23.0. The van der Waals surface area contributed by atoms with Crippen molar-refractivity contribution in [3.63, 3.8) is 0 Å². The summed E-state index contributed by atoms with van der Waals surface area (Å²) in [5.74, 6) is -0.310. The van der Waals surface area contributed by atoms with E-state index >= 15 is 0 Å². The number of carbonyl (C=O) groups excluding carboxylic acids is 2. The Morgan fingerprint density at radius 3 is 2.63 bits per heavy atom. The third-order valence-electron chi connectivity index (χ3n) is 2.83. The van der Waals surface area contributed by atoms with Crippen molar-refractivity contribution in [1.29, 1.82) is 0 Å². The number of amides is 1. The van der Waals surface area contributed by atoms with Gasteiger partial charge in [-0.15, -0.1) is 0 Å². The van der Waals surface area contributed by atoms with Crippen LogP contribution in [-0.2, 0) is 0 Å². The predicted octanol–water partition coefficient (Wildman–Crippen LogP) is 2.64. The van der Waals surface area contributed by atoms with Gasteiger partial charge in [-0.1, -0.05) is 18.2 Å². The molecule has 0 spiro atoms. The lowest BCUT2D eigenvalue weighted by atomic mass is 10.1. The van der Waals surface area contributed by atoms with Crippen LogP contribution in [0.3, 0.4) is 0 Å². The maximum absolute atomic E-state index is 12.1. The van der Waals surface area contributed by atoms with Gasteiger partial charge in [-0.25, -0.2) is 0 Å². The molecule has 0 atom stereocenters. The van der Waals surface area contributed by atoms with E-state index in [0.29, 0.717) is 28.8 Å². The van der Waals surface area contributed by atoms with E-state index in [4.69, 9.17) is 5.73 Å². The second-order valence-corrected chi connectivity index (χ2v) is 4.23. The maximum Gasteiger partial charge on any atom is 0.256 e. The van der Waals surface area contributed by atoms with E-state index in [0.717, 1.165) is 5.56 Å². The Bertz CT molecular complexity index is 636. The largest absolute Gasteiger partial charge is 0.399 e. The van der Waals surface area contributed by atoms with Crippen molar-refractivity contribution in [2.45, 2.75) is 6.92 Å². The topological polar surface area (TPSA) is 72.2 Å². The molecule has 19 heavy (non-hydrogen) atoms. The fraction of sp³-hybridized carbons (Fsp3) is 0.0667. The quantitative estimate of drug-likeness (QED) is 0.653. The highest BCUT2D eigenvalue weighted by molar-refractivity contribution is 6.09. The molecule has 0 saturated carbocycles. The number of benzene rings is 2. The number of anilines is 2. The first-order valence-electron chi connectivity index (χ1n) is 5.83. The third-order valence-corrected chi connectivity index (χ3v) is 2.83. The van der Waals surface area contributed by atoms with Crippen molar-refractivity contribution < 1.29 is 9.59 Å². The van der Waals surface area contributed by atoms with Crippen LogP contribution in [-0.4, -0.2) is 12.2 Å². The molecule has 0 radical (unpaired) electrons. The average Bonchev–Trinajstić information content (AvgIpc) is 2.41. The molecule has 2 aromatic rings. The van der Waals surface area contributed by atoms with E-state index in [1.54, 1.807) is 42.5 Å². The number of carbonyl (C=O) groups is 2. The Kier molecular flexibility index (Phi) is 3.61. The number of nitrogens with one attached hydrogen (secondary N) is 1. The van der Waals surface area contributed by atoms with Crippen molar-refractivity contribution in [2.75, 3.05) is 11.1 Å². The summed E-state index contributed by atoms with van der Waals surface area (Å²) in [5.41, 5.74) is 8.57. The lowest BCUT2D eigenvalue weighted by molar-refractivity contribution is 0.101. The minimum atomic E-state index is -0.310. The van der Waals surface area contributed by atoms with E-state index in [-0.39, 0.29) is 5.91 Å². The highest BCUT2D eigenvalue weighted by Crippen LogP contribution is 2.19. The first-order chi connectivity index (χ1) is 9.11. The van der Waals surface area contributed by atoms with Crippen molar-refractivity contribution in [1.82, 2.24) is 0 Å². The highest BCUT2D eigenvalue weighted by atomic mass is 16.1. The van der Waals surface area contributed by atoms with Crippen LogP contribution in [0.15, 0.2) is 42.5 Å². The zero-order valence-electron chi connectivity index (χ0n) is 10.5. The first kappa shape index (κ1) is 12.8. The zero-order chi connectivity index (χ0) is 13.8. The zero-order valence-corrected chi connectivity index (χ0v) is 10.5. The second-order valence-electron chi connectivity index (χ2n) is 4.23. The Morgan fingerprint density at radius 1 is 1.21 bits per heavy atom. The van der Waals surface area contributed by atoms with Crippen molar-refractivity contribution in [3.05, 3.63) is 59.2 Å². The molecule has 2 rings (SSSR count). The van der Waals surface area contributed by atoms with E-state index in [1.165, 1.54) is 0 Å². The predicted molar refractivity (Wildman–Crippen MR) is 75.4 cm³/mol. The Hall–Kier alpha value is -2.62. The molecule has 0 heterocycles. The van der Waals surface area contributed by atoms with Crippen LogP contribution >= 0.6 is 0 Å². The van der Waals surface area contributed by atoms with E-state index in [2.05, 4.69) is 5.32 Å². The standard InChI is InChI=1S/C15H14N2O2/c1-10-8-12(16)6-7-14(10)17-15(19)13-5-3-2-4-11(13)9-18/h2-9H,16H2,1H3,(H,17,19). The SMILES string of the molecule is Cc1cc(N)ccc1NC(=O)c1ccccc1C=O. The molecule has 0 saturated heterocycles. The molecule has 4 nitrogen and oxygen atoms in total. The van der Waals surface area contributed by atoms with Gasteiger partial charge in [-0.2, -0.15) is 0 Å². The fourth-order valence-electron chi connectivity index (χ4n) is 1.82. The summed E-state index contributed by atoms with van der Waals surface area (Å²) in [6.45, 7) is 1.86. The van der Waals surface area contributed by atoms with E-state index in [1.807, 2.05) is 6.92 Å². The van der Waals surface area contributed by atoms with Crippen molar-refractivity contribution >= 4 is 23.6 Å². The highest BCUT2D eigenvalue weighted by Gasteiger charge is 2.11. The van der Waals surface area contributed by atoms with E-state index < -0.39 is 0 Å². The molecular formula is C15H14N2O2. The van der Waals surface area contributed by atoms with Gasteiger partial charge in [0.05, 0.1) is 5.56 Å². The van der Waals surface area contributed by atoms with Crippen LogP contribution in [0.1, 0.15) is 26.3 Å². The average molecular weight is 254 g/mol. The molecule has 96 valence electrons. The van der Waals surface area contributed by atoms with Crippen molar-refractivity contribution in [3.8, 4) is 0 Å². The van der Waals surface area contributed by atoms with Crippen LogP contribution in [0, 0.1) is 6.92 Å². The molecule has 4 heteroatoms. The van der Waals surface area contributed by atoms with Gasteiger partial charge in [0.1, 0.15) is 0 Å². The minimum absolute atomic E-state index is 0.310. The van der Waals surface area contributed by atoms with Gasteiger partial charge in [-0.05, 0) is 36.8 Å². The number of rotatable bonds is 3. The number of nitrogens with two attached hydrogens (primary N) is 1. The summed E-state index contributed by atoms with van der Waals surface area (Å²) in [7, 11) is 0. The molecule has 0 aliphatic heterocycles. The summed E-state index contributed by atoms with van der Waals surface area (Å²) < 4.78 is 0. The Morgan fingerprint density at radius 2 is 1.95 bits per heavy atom. The Balaban J connectivity index is 2.28. The number of nitrogen functional groups attached to an aromatic ring is 1.